The SMILES string of the molecule is CCCCCNC(=O)c1cnc(NCCCN(C)C)cn1. The van der Waals surface area contributed by atoms with Crippen LogP contribution >= 0.6 is 0 Å². The molecule has 0 bridgehead atoms. The molecule has 1 heterocycles. The summed E-state index contributed by atoms with van der Waals surface area (Å²) >= 11 is 0. The second-order valence-corrected chi connectivity index (χ2v) is 5.33. The van der Waals surface area contributed by atoms with E-state index in [9.17, 15) is 4.79 Å². The number of hydrogen-bond donors (Lipinski definition) is 2. The van der Waals surface area contributed by atoms with E-state index in [4.69, 9.17) is 0 Å². The van der Waals surface area contributed by atoms with E-state index in [-0.39, 0.29) is 5.91 Å². The van der Waals surface area contributed by atoms with Crippen molar-refractivity contribution in [2.24, 2.45) is 0 Å². The van der Waals surface area contributed by atoms with Crippen LogP contribution < -0.4 is 10.6 Å². The van der Waals surface area contributed by atoms with E-state index in [1.807, 2.05) is 14.1 Å². The largest absolute Gasteiger partial charge is 0.369 e. The molecule has 1 aromatic heterocycles. The Morgan fingerprint density at radius 1 is 1.14 bits per heavy atom. The van der Waals surface area contributed by atoms with Crippen molar-refractivity contribution in [1.82, 2.24) is 20.2 Å². The second-order valence-electron chi connectivity index (χ2n) is 5.33. The molecule has 0 aliphatic carbocycles. The van der Waals surface area contributed by atoms with E-state index in [2.05, 4.69) is 32.4 Å². The summed E-state index contributed by atoms with van der Waals surface area (Å²) < 4.78 is 0. The van der Waals surface area contributed by atoms with Crippen LogP contribution in [0.2, 0.25) is 0 Å². The molecule has 6 heteroatoms. The Kier molecular flexibility index (Phi) is 8.35. The fraction of sp³-hybridized carbons (Fsp3) is 0.667. The molecule has 0 saturated carbocycles. The van der Waals surface area contributed by atoms with E-state index < -0.39 is 0 Å². The summed E-state index contributed by atoms with van der Waals surface area (Å²) in [7, 11) is 4.10. The van der Waals surface area contributed by atoms with Crippen LogP contribution in [-0.2, 0) is 0 Å². The summed E-state index contributed by atoms with van der Waals surface area (Å²) in [6.07, 6.45) is 7.43. The Morgan fingerprint density at radius 2 is 1.95 bits per heavy atom. The Morgan fingerprint density at radius 3 is 2.57 bits per heavy atom. The number of rotatable bonds is 10. The molecule has 0 aliphatic rings. The number of carbonyl (C=O) groups is 1. The van der Waals surface area contributed by atoms with Gasteiger partial charge in [-0.15, -0.1) is 0 Å². The molecule has 1 rings (SSSR count). The quantitative estimate of drug-likeness (QED) is 0.643. The van der Waals surface area contributed by atoms with Crippen LogP contribution in [0.15, 0.2) is 12.4 Å². The van der Waals surface area contributed by atoms with Gasteiger partial charge < -0.3 is 15.5 Å². The maximum absolute atomic E-state index is 11.8. The average molecular weight is 293 g/mol. The first-order valence-electron chi connectivity index (χ1n) is 7.62. The molecule has 1 amide bonds. The highest BCUT2D eigenvalue weighted by molar-refractivity contribution is 5.91. The molecule has 0 fully saturated rings. The van der Waals surface area contributed by atoms with Gasteiger partial charge in [0.25, 0.3) is 5.91 Å². The number of unbranched alkanes of at least 4 members (excludes halogenated alkanes) is 2. The maximum atomic E-state index is 11.8. The third-order valence-corrected chi connectivity index (χ3v) is 3.04. The molecule has 6 nitrogen and oxygen atoms in total. The van der Waals surface area contributed by atoms with Crippen molar-refractivity contribution < 1.29 is 4.79 Å². The maximum Gasteiger partial charge on any atom is 0.271 e. The van der Waals surface area contributed by atoms with Gasteiger partial charge >= 0.3 is 0 Å². The highest BCUT2D eigenvalue weighted by atomic mass is 16.1. The molecule has 2 N–H and O–H groups in total. The summed E-state index contributed by atoms with van der Waals surface area (Å²) in [5, 5.41) is 6.04. The number of aromatic nitrogens is 2. The van der Waals surface area contributed by atoms with Gasteiger partial charge in [0, 0.05) is 13.1 Å². The summed E-state index contributed by atoms with van der Waals surface area (Å²) in [5.41, 5.74) is 0.366. The van der Waals surface area contributed by atoms with Crippen molar-refractivity contribution in [1.29, 1.82) is 0 Å². The molecule has 118 valence electrons. The van der Waals surface area contributed by atoms with Gasteiger partial charge in [-0.1, -0.05) is 19.8 Å². The van der Waals surface area contributed by atoms with E-state index in [0.717, 1.165) is 38.8 Å². The minimum absolute atomic E-state index is 0.155. The van der Waals surface area contributed by atoms with E-state index in [1.54, 1.807) is 6.20 Å². The first-order valence-corrected chi connectivity index (χ1v) is 7.62. The molecule has 0 radical (unpaired) electrons. The Bertz CT molecular complexity index is 405. The average Bonchev–Trinajstić information content (AvgIpc) is 2.48. The van der Waals surface area contributed by atoms with Crippen LogP contribution in [0.25, 0.3) is 0 Å². The molecule has 0 unspecified atom stereocenters. The number of nitrogens with one attached hydrogen (secondary N) is 2. The van der Waals surface area contributed by atoms with Crippen LogP contribution in [0.1, 0.15) is 43.1 Å². The van der Waals surface area contributed by atoms with Gasteiger partial charge in [0.05, 0.1) is 12.4 Å². The first-order chi connectivity index (χ1) is 10.1. The minimum atomic E-state index is -0.155. The van der Waals surface area contributed by atoms with Gasteiger partial charge in [-0.25, -0.2) is 9.97 Å². The topological polar surface area (TPSA) is 70.2 Å². The lowest BCUT2D eigenvalue weighted by Gasteiger charge is -2.10. The molecule has 0 spiro atoms. The zero-order chi connectivity index (χ0) is 15.5. The number of anilines is 1. The van der Waals surface area contributed by atoms with Crippen molar-refractivity contribution in [2.45, 2.75) is 32.6 Å². The molecule has 0 atom stereocenters. The third-order valence-electron chi connectivity index (χ3n) is 3.04. The molecular weight excluding hydrogens is 266 g/mol. The van der Waals surface area contributed by atoms with E-state index in [0.29, 0.717) is 18.1 Å². The second kappa shape index (κ2) is 10.1. The van der Waals surface area contributed by atoms with Crippen LogP contribution in [0, 0.1) is 0 Å². The first kappa shape index (κ1) is 17.4. The Balaban J connectivity index is 2.30. The molecule has 0 saturated heterocycles. The van der Waals surface area contributed by atoms with Gasteiger partial charge in [0.15, 0.2) is 0 Å². The summed E-state index contributed by atoms with van der Waals surface area (Å²) in [6, 6.07) is 0. The zero-order valence-electron chi connectivity index (χ0n) is 13.4. The standard InChI is InChI=1S/C15H27N5O/c1-4-5-6-8-17-15(21)13-11-19-14(12-18-13)16-9-7-10-20(2)3/h11-12H,4-10H2,1-3H3,(H,16,19)(H,17,21). The van der Waals surface area contributed by atoms with Crippen molar-refractivity contribution in [2.75, 3.05) is 39.0 Å². The normalized spacial score (nSPS) is 10.7. The molecule has 0 aliphatic heterocycles. The predicted molar refractivity (Wildman–Crippen MR) is 85.6 cm³/mol. The van der Waals surface area contributed by atoms with Gasteiger partial charge in [-0.05, 0) is 33.5 Å². The monoisotopic (exact) mass is 293 g/mol. The van der Waals surface area contributed by atoms with Crippen molar-refractivity contribution >= 4 is 11.7 Å². The smallest absolute Gasteiger partial charge is 0.271 e. The summed E-state index contributed by atoms with van der Waals surface area (Å²) in [4.78, 5) is 22.3. The van der Waals surface area contributed by atoms with Crippen LogP contribution in [0.4, 0.5) is 5.82 Å². The molecule has 1 aromatic rings. The highest BCUT2D eigenvalue weighted by Gasteiger charge is 2.06. The number of amides is 1. The van der Waals surface area contributed by atoms with Gasteiger partial charge in [0.2, 0.25) is 0 Å². The lowest BCUT2D eigenvalue weighted by molar-refractivity contribution is 0.0947. The zero-order valence-corrected chi connectivity index (χ0v) is 13.4. The lowest BCUT2D eigenvalue weighted by Crippen LogP contribution is -2.25. The molecular formula is C15H27N5O. The van der Waals surface area contributed by atoms with Gasteiger partial charge in [0.1, 0.15) is 11.5 Å². The Labute approximate surface area is 127 Å². The van der Waals surface area contributed by atoms with Crippen LogP contribution in [0.3, 0.4) is 0 Å². The van der Waals surface area contributed by atoms with E-state index in [1.165, 1.54) is 6.20 Å². The van der Waals surface area contributed by atoms with Crippen LogP contribution in [0.5, 0.6) is 0 Å². The van der Waals surface area contributed by atoms with Crippen molar-refractivity contribution in [3.05, 3.63) is 18.1 Å². The Hall–Kier alpha value is -1.69. The fourth-order valence-corrected chi connectivity index (χ4v) is 1.82. The summed E-state index contributed by atoms with van der Waals surface area (Å²) in [6.45, 7) is 4.70. The van der Waals surface area contributed by atoms with Crippen molar-refractivity contribution in [3.8, 4) is 0 Å². The third kappa shape index (κ3) is 7.60. The minimum Gasteiger partial charge on any atom is -0.369 e. The lowest BCUT2D eigenvalue weighted by atomic mass is 10.2. The number of carbonyl (C=O) groups excluding carboxylic acids is 1. The van der Waals surface area contributed by atoms with Gasteiger partial charge in [-0.2, -0.15) is 0 Å². The fourth-order valence-electron chi connectivity index (χ4n) is 1.82. The predicted octanol–water partition coefficient (Wildman–Crippen LogP) is 1.76. The number of hydrogen-bond acceptors (Lipinski definition) is 5. The van der Waals surface area contributed by atoms with E-state index >= 15 is 0 Å². The van der Waals surface area contributed by atoms with Gasteiger partial charge in [-0.3, -0.25) is 4.79 Å². The molecule has 21 heavy (non-hydrogen) atoms. The van der Waals surface area contributed by atoms with Crippen LogP contribution in [-0.4, -0.2) is 54.5 Å². The van der Waals surface area contributed by atoms with Crippen molar-refractivity contribution in [3.63, 3.8) is 0 Å². The highest BCUT2D eigenvalue weighted by Crippen LogP contribution is 2.01. The molecule has 0 aromatic carbocycles. The number of nitrogens with zero attached hydrogens (tertiary/aromatic N) is 3. The summed E-state index contributed by atoms with van der Waals surface area (Å²) in [5.74, 6) is 0.550.